The minimum atomic E-state index is 0.559. The molecule has 1 aromatic rings. The highest BCUT2D eigenvalue weighted by molar-refractivity contribution is 9.10. The second-order valence-electron chi connectivity index (χ2n) is 2.81. The molecule has 0 fully saturated rings. The Morgan fingerprint density at radius 1 is 1.54 bits per heavy atom. The van der Waals surface area contributed by atoms with E-state index in [4.69, 9.17) is 5.26 Å². The van der Waals surface area contributed by atoms with Gasteiger partial charge in [-0.3, -0.25) is 0 Å². The molecule has 0 N–H and O–H groups in total. The summed E-state index contributed by atoms with van der Waals surface area (Å²) in [5, 5.41) is 8.43. The maximum atomic E-state index is 8.43. The zero-order chi connectivity index (χ0) is 9.68. The third-order valence-corrected chi connectivity index (χ3v) is 2.30. The minimum absolute atomic E-state index is 0.559. The molecule has 0 aromatic heterocycles. The summed E-state index contributed by atoms with van der Waals surface area (Å²) in [6.07, 6.45) is 0.559. The number of nitrogens with zero attached hydrogens (tertiary/aromatic N) is 2. The van der Waals surface area contributed by atoms with Gasteiger partial charge in [-0.15, -0.1) is 0 Å². The molecule has 0 atom stereocenters. The molecule has 0 saturated heterocycles. The lowest BCUT2D eigenvalue weighted by Crippen LogP contribution is -2.17. The number of halogens is 1. The van der Waals surface area contributed by atoms with E-state index in [1.54, 1.807) is 0 Å². The van der Waals surface area contributed by atoms with Gasteiger partial charge in [0.15, 0.2) is 0 Å². The highest BCUT2D eigenvalue weighted by atomic mass is 79.9. The number of hydrogen-bond donors (Lipinski definition) is 0. The summed E-state index contributed by atoms with van der Waals surface area (Å²) in [7, 11) is 1.99. The van der Waals surface area contributed by atoms with E-state index in [0.29, 0.717) is 6.42 Å². The van der Waals surface area contributed by atoms with Gasteiger partial charge in [0, 0.05) is 23.8 Å². The average Bonchev–Trinajstić information content (AvgIpc) is 2.14. The maximum Gasteiger partial charge on any atom is 0.0640 e. The smallest absolute Gasteiger partial charge is 0.0640 e. The van der Waals surface area contributed by atoms with Gasteiger partial charge in [-0.2, -0.15) is 5.26 Å². The van der Waals surface area contributed by atoms with Gasteiger partial charge in [0.05, 0.1) is 12.5 Å². The Hall–Kier alpha value is -1.01. The van der Waals surface area contributed by atoms with E-state index >= 15 is 0 Å². The second-order valence-corrected chi connectivity index (χ2v) is 3.73. The summed E-state index contributed by atoms with van der Waals surface area (Å²) in [6.45, 7) is 0.771. The van der Waals surface area contributed by atoms with Crippen molar-refractivity contribution in [3.8, 4) is 6.07 Å². The van der Waals surface area contributed by atoms with Crippen molar-refractivity contribution in [2.45, 2.75) is 6.42 Å². The predicted molar refractivity (Wildman–Crippen MR) is 57.6 cm³/mol. The minimum Gasteiger partial charge on any atom is -0.374 e. The molecule has 0 aliphatic rings. The monoisotopic (exact) mass is 238 g/mol. The Bertz CT molecular complexity index is 317. The molecule has 0 aliphatic heterocycles. The van der Waals surface area contributed by atoms with Crippen molar-refractivity contribution < 1.29 is 0 Å². The molecule has 0 saturated carbocycles. The summed E-state index contributed by atoms with van der Waals surface area (Å²) >= 11 is 3.41. The molecular weight excluding hydrogens is 228 g/mol. The number of nitriles is 1. The lowest BCUT2D eigenvalue weighted by Gasteiger charge is -2.17. The van der Waals surface area contributed by atoms with E-state index in [1.165, 1.54) is 0 Å². The van der Waals surface area contributed by atoms with Crippen molar-refractivity contribution in [3.05, 3.63) is 28.7 Å². The Kier molecular flexibility index (Phi) is 3.78. The molecule has 13 heavy (non-hydrogen) atoms. The Morgan fingerprint density at radius 3 is 2.92 bits per heavy atom. The summed E-state index contributed by atoms with van der Waals surface area (Å²) in [5.74, 6) is 0. The third-order valence-electron chi connectivity index (χ3n) is 1.81. The van der Waals surface area contributed by atoms with Crippen molar-refractivity contribution in [1.82, 2.24) is 0 Å². The fraction of sp³-hybridized carbons (Fsp3) is 0.300. The number of rotatable bonds is 3. The quantitative estimate of drug-likeness (QED) is 0.810. The Balaban J connectivity index is 2.66. The van der Waals surface area contributed by atoms with Gasteiger partial charge in [0.25, 0.3) is 0 Å². The largest absolute Gasteiger partial charge is 0.374 e. The molecule has 0 radical (unpaired) electrons. The maximum absolute atomic E-state index is 8.43. The van der Waals surface area contributed by atoms with Gasteiger partial charge in [-0.05, 0) is 18.2 Å². The standard InChI is InChI=1S/C10H11BrN2/c1-13(7-3-6-12)10-5-2-4-9(11)8-10/h2,4-5,8H,3,7H2,1H3. The zero-order valence-electron chi connectivity index (χ0n) is 7.50. The second kappa shape index (κ2) is 4.88. The Labute approximate surface area is 86.9 Å². The molecular formula is C10H11BrN2. The predicted octanol–water partition coefficient (Wildman–Crippen LogP) is 2.80. The van der Waals surface area contributed by atoms with Crippen molar-refractivity contribution >= 4 is 21.6 Å². The first kappa shape index (κ1) is 10.1. The molecule has 2 nitrogen and oxygen atoms in total. The number of hydrogen-bond acceptors (Lipinski definition) is 2. The average molecular weight is 239 g/mol. The summed E-state index contributed by atoms with van der Waals surface area (Å²) in [4.78, 5) is 2.06. The fourth-order valence-electron chi connectivity index (χ4n) is 1.06. The van der Waals surface area contributed by atoms with Crippen LogP contribution in [0.25, 0.3) is 0 Å². The van der Waals surface area contributed by atoms with Crippen molar-refractivity contribution in [1.29, 1.82) is 5.26 Å². The summed E-state index contributed by atoms with van der Waals surface area (Å²) in [5.41, 5.74) is 1.13. The van der Waals surface area contributed by atoms with Crippen LogP contribution in [-0.2, 0) is 0 Å². The first-order valence-electron chi connectivity index (χ1n) is 4.07. The van der Waals surface area contributed by atoms with Gasteiger partial charge in [-0.25, -0.2) is 0 Å². The lowest BCUT2D eigenvalue weighted by molar-refractivity contribution is 0.905. The van der Waals surface area contributed by atoms with Gasteiger partial charge < -0.3 is 4.90 Å². The number of anilines is 1. The van der Waals surface area contributed by atoms with Crippen LogP contribution < -0.4 is 4.90 Å². The van der Waals surface area contributed by atoms with Crippen LogP contribution in [-0.4, -0.2) is 13.6 Å². The van der Waals surface area contributed by atoms with E-state index in [1.807, 2.05) is 31.3 Å². The molecule has 68 valence electrons. The van der Waals surface area contributed by atoms with E-state index in [0.717, 1.165) is 16.7 Å². The van der Waals surface area contributed by atoms with Crippen LogP contribution in [0.2, 0.25) is 0 Å². The number of benzene rings is 1. The van der Waals surface area contributed by atoms with Gasteiger partial charge in [0.2, 0.25) is 0 Å². The summed E-state index contributed by atoms with van der Waals surface area (Å²) < 4.78 is 1.06. The SMILES string of the molecule is CN(CCC#N)c1cccc(Br)c1. The van der Waals surface area contributed by atoms with Crippen molar-refractivity contribution in [2.75, 3.05) is 18.5 Å². The molecule has 0 aliphatic carbocycles. The van der Waals surface area contributed by atoms with E-state index < -0.39 is 0 Å². The van der Waals surface area contributed by atoms with Crippen LogP contribution in [0.15, 0.2) is 28.7 Å². The first-order valence-corrected chi connectivity index (χ1v) is 4.87. The van der Waals surface area contributed by atoms with Crippen LogP contribution >= 0.6 is 15.9 Å². The van der Waals surface area contributed by atoms with E-state index in [-0.39, 0.29) is 0 Å². The summed E-state index contributed by atoms with van der Waals surface area (Å²) in [6, 6.07) is 10.2. The van der Waals surface area contributed by atoms with Crippen LogP contribution in [0.4, 0.5) is 5.69 Å². The van der Waals surface area contributed by atoms with Crippen LogP contribution in [0, 0.1) is 11.3 Å². The Morgan fingerprint density at radius 2 is 2.31 bits per heavy atom. The third kappa shape index (κ3) is 3.08. The zero-order valence-corrected chi connectivity index (χ0v) is 9.08. The van der Waals surface area contributed by atoms with Crippen LogP contribution in [0.3, 0.4) is 0 Å². The molecule has 0 bridgehead atoms. The van der Waals surface area contributed by atoms with Crippen molar-refractivity contribution in [3.63, 3.8) is 0 Å². The van der Waals surface area contributed by atoms with Gasteiger partial charge in [0.1, 0.15) is 0 Å². The molecule has 3 heteroatoms. The van der Waals surface area contributed by atoms with Crippen molar-refractivity contribution in [2.24, 2.45) is 0 Å². The lowest BCUT2D eigenvalue weighted by atomic mass is 10.3. The molecule has 0 spiro atoms. The fourth-order valence-corrected chi connectivity index (χ4v) is 1.45. The first-order chi connectivity index (χ1) is 6.24. The van der Waals surface area contributed by atoms with E-state index in [9.17, 15) is 0 Å². The normalized spacial score (nSPS) is 9.31. The molecule has 0 amide bonds. The van der Waals surface area contributed by atoms with Crippen LogP contribution in [0.1, 0.15) is 6.42 Å². The highest BCUT2D eigenvalue weighted by Crippen LogP contribution is 2.18. The topological polar surface area (TPSA) is 27.0 Å². The molecule has 0 unspecified atom stereocenters. The molecule has 1 aromatic carbocycles. The van der Waals surface area contributed by atoms with E-state index in [2.05, 4.69) is 26.9 Å². The highest BCUT2D eigenvalue weighted by Gasteiger charge is 1.99. The molecule has 0 heterocycles. The van der Waals surface area contributed by atoms with Gasteiger partial charge in [-0.1, -0.05) is 22.0 Å². The van der Waals surface area contributed by atoms with Crippen LogP contribution in [0.5, 0.6) is 0 Å². The molecule has 1 rings (SSSR count). The van der Waals surface area contributed by atoms with Gasteiger partial charge >= 0.3 is 0 Å².